The molecule has 0 aliphatic rings. The predicted molar refractivity (Wildman–Crippen MR) is 115 cm³/mol. The molecular weight excluding hydrogens is 370 g/mol. The summed E-state index contributed by atoms with van der Waals surface area (Å²) in [5.41, 5.74) is 2.23. The van der Waals surface area contributed by atoms with E-state index in [1.165, 1.54) is 11.3 Å². The van der Waals surface area contributed by atoms with E-state index in [0.29, 0.717) is 17.1 Å². The van der Waals surface area contributed by atoms with E-state index in [9.17, 15) is 9.59 Å². The molecule has 0 atom stereocenters. The van der Waals surface area contributed by atoms with Crippen LogP contribution in [-0.4, -0.2) is 17.0 Å². The van der Waals surface area contributed by atoms with Gasteiger partial charge in [0.25, 0.3) is 11.5 Å². The summed E-state index contributed by atoms with van der Waals surface area (Å²) >= 11 is 1.32. The van der Waals surface area contributed by atoms with Crippen LogP contribution in [0, 0.1) is 0 Å². The van der Waals surface area contributed by atoms with Crippen LogP contribution in [0.1, 0.15) is 16.6 Å². The van der Waals surface area contributed by atoms with E-state index in [4.69, 9.17) is 0 Å². The fourth-order valence-corrected chi connectivity index (χ4v) is 4.28. The lowest BCUT2D eigenvalue weighted by atomic mass is 10.2. The second-order valence-electron chi connectivity index (χ2n) is 6.22. The summed E-state index contributed by atoms with van der Waals surface area (Å²) in [5, 5.41) is 7.07. The molecule has 0 aliphatic carbocycles. The predicted octanol–water partition coefficient (Wildman–Crippen LogP) is 4.55. The second kappa shape index (κ2) is 7.70. The lowest BCUT2D eigenvalue weighted by molar-refractivity contribution is 0.0960. The van der Waals surface area contributed by atoms with Crippen molar-refractivity contribution in [3.8, 4) is 5.69 Å². The number of carbonyl (C=O) groups is 1. The monoisotopic (exact) mass is 389 g/mol. The van der Waals surface area contributed by atoms with Crippen LogP contribution in [0.2, 0.25) is 0 Å². The normalized spacial score (nSPS) is 10.8. The Hall–Kier alpha value is -3.38. The van der Waals surface area contributed by atoms with Gasteiger partial charge in [0.15, 0.2) is 0 Å². The molecule has 2 aromatic carbocycles. The number of pyridine rings is 1. The molecule has 5 nitrogen and oxygen atoms in total. The molecule has 6 heteroatoms. The minimum atomic E-state index is -0.158. The van der Waals surface area contributed by atoms with Gasteiger partial charge < -0.3 is 10.6 Å². The van der Waals surface area contributed by atoms with Crippen molar-refractivity contribution in [2.45, 2.75) is 6.92 Å². The number of carbonyl (C=O) groups excluding carboxylic acids is 1. The number of rotatable bonds is 5. The Labute approximate surface area is 166 Å². The third-order valence-electron chi connectivity index (χ3n) is 4.34. The highest BCUT2D eigenvalue weighted by molar-refractivity contribution is 7.21. The minimum absolute atomic E-state index is 0.131. The van der Waals surface area contributed by atoms with Gasteiger partial charge in [-0.05, 0) is 37.3 Å². The smallest absolute Gasteiger partial charge is 0.263 e. The number of aromatic nitrogens is 1. The summed E-state index contributed by atoms with van der Waals surface area (Å²) in [7, 11) is 0. The van der Waals surface area contributed by atoms with Gasteiger partial charge in [0.05, 0.1) is 11.4 Å². The Kier molecular flexibility index (Phi) is 4.95. The zero-order chi connectivity index (χ0) is 19.5. The van der Waals surface area contributed by atoms with Crippen LogP contribution in [0.3, 0.4) is 0 Å². The first-order chi connectivity index (χ1) is 13.7. The molecule has 4 aromatic rings. The van der Waals surface area contributed by atoms with Gasteiger partial charge in [-0.3, -0.25) is 14.2 Å². The number of fused-ring (bicyclic) bond motifs is 1. The number of thiophene rings is 1. The van der Waals surface area contributed by atoms with Crippen molar-refractivity contribution in [1.82, 2.24) is 9.88 Å². The van der Waals surface area contributed by atoms with E-state index in [0.717, 1.165) is 21.6 Å². The average Bonchev–Trinajstić information content (AvgIpc) is 3.08. The number of hydrogen-bond donors (Lipinski definition) is 2. The van der Waals surface area contributed by atoms with Crippen molar-refractivity contribution in [2.24, 2.45) is 0 Å². The standard InChI is InChI=1S/C22H19N3O2S/c1-2-23-21(27)20-19(24-15-9-5-3-6-10-15)17-13-14-18(26)25(22(17)28-20)16-11-7-4-8-12-16/h3-14,24H,2H2,1H3,(H,23,27). The fourth-order valence-electron chi connectivity index (χ4n) is 3.09. The largest absolute Gasteiger partial charge is 0.354 e. The lowest BCUT2D eigenvalue weighted by Gasteiger charge is -2.09. The lowest BCUT2D eigenvalue weighted by Crippen LogP contribution is -2.22. The number of para-hydroxylation sites is 2. The molecule has 0 spiro atoms. The molecule has 4 rings (SSSR count). The number of hydrogen-bond acceptors (Lipinski definition) is 4. The Morgan fingerprint density at radius 2 is 1.64 bits per heavy atom. The van der Waals surface area contributed by atoms with Gasteiger partial charge in [0.1, 0.15) is 9.71 Å². The maximum atomic E-state index is 12.7. The number of anilines is 2. The van der Waals surface area contributed by atoms with Crippen LogP contribution in [0.4, 0.5) is 11.4 Å². The molecular formula is C22H19N3O2S. The molecule has 1 amide bonds. The number of benzene rings is 2. The molecule has 0 saturated heterocycles. The van der Waals surface area contributed by atoms with Crippen molar-refractivity contribution in [2.75, 3.05) is 11.9 Å². The summed E-state index contributed by atoms with van der Waals surface area (Å²) in [6.07, 6.45) is 0. The average molecular weight is 389 g/mol. The summed E-state index contributed by atoms with van der Waals surface area (Å²) in [4.78, 5) is 26.7. The van der Waals surface area contributed by atoms with Crippen molar-refractivity contribution < 1.29 is 4.79 Å². The summed E-state index contributed by atoms with van der Waals surface area (Å²) < 4.78 is 1.65. The van der Waals surface area contributed by atoms with Gasteiger partial charge >= 0.3 is 0 Å². The van der Waals surface area contributed by atoms with E-state index >= 15 is 0 Å². The van der Waals surface area contributed by atoms with E-state index in [1.807, 2.05) is 67.6 Å². The van der Waals surface area contributed by atoms with Gasteiger partial charge in [-0.1, -0.05) is 36.4 Å². The number of nitrogens with zero attached hydrogens (tertiary/aromatic N) is 1. The first kappa shape index (κ1) is 18.0. The molecule has 0 fully saturated rings. The maximum absolute atomic E-state index is 12.7. The first-order valence-electron chi connectivity index (χ1n) is 9.03. The van der Waals surface area contributed by atoms with Crippen molar-refractivity contribution in [1.29, 1.82) is 0 Å². The molecule has 0 bridgehead atoms. The van der Waals surface area contributed by atoms with Gasteiger partial charge in [-0.2, -0.15) is 0 Å². The third kappa shape index (κ3) is 3.30. The summed E-state index contributed by atoms with van der Waals surface area (Å²) in [5.74, 6) is -0.158. The molecule has 28 heavy (non-hydrogen) atoms. The Balaban J connectivity index is 1.97. The molecule has 2 aromatic heterocycles. The zero-order valence-corrected chi connectivity index (χ0v) is 16.1. The van der Waals surface area contributed by atoms with Gasteiger partial charge in [0.2, 0.25) is 0 Å². The fraction of sp³-hybridized carbons (Fsp3) is 0.0909. The molecule has 0 unspecified atom stereocenters. The van der Waals surface area contributed by atoms with Crippen LogP contribution in [0.15, 0.2) is 77.6 Å². The SMILES string of the molecule is CCNC(=O)c1sc2c(ccc(=O)n2-c2ccccc2)c1Nc1ccccc1. The first-order valence-corrected chi connectivity index (χ1v) is 9.85. The van der Waals surface area contributed by atoms with E-state index in [1.54, 1.807) is 16.7 Å². The van der Waals surface area contributed by atoms with Crippen molar-refractivity contribution in [3.63, 3.8) is 0 Å². The highest BCUT2D eigenvalue weighted by atomic mass is 32.1. The van der Waals surface area contributed by atoms with Crippen LogP contribution >= 0.6 is 11.3 Å². The second-order valence-corrected chi connectivity index (χ2v) is 7.22. The van der Waals surface area contributed by atoms with Crippen LogP contribution in [0.5, 0.6) is 0 Å². The van der Waals surface area contributed by atoms with Crippen molar-refractivity contribution >= 4 is 38.8 Å². The maximum Gasteiger partial charge on any atom is 0.263 e. The molecule has 0 aliphatic heterocycles. The third-order valence-corrected chi connectivity index (χ3v) is 5.53. The van der Waals surface area contributed by atoms with Gasteiger partial charge in [0, 0.05) is 23.7 Å². The molecule has 0 saturated carbocycles. The zero-order valence-electron chi connectivity index (χ0n) is 15.3. The number of amides is 1. The van der Waals surface area contributed by atoms with Crippen LogP contribution in [0.25, 0.3) is 15.9 Å². The summed E-state index contributed by atoms with van der Waals surface area (Å²) in [6, 6.07) is 22.5. The molecule has 2 heterocycles. The van der Waals surface area contributed by atoms with Crippen molar-refractivity contribution in [3.05, 3.63) is 88.0 Å². The molecule has 140 valence electrons. The minimum Gasteiger partial charge on any atom is -0.354 e. The Bertz CT molecular complexity index is 1180. The van der Waals surface area contributed by atoms with E-state index in [-0.39, 0.29) is 11.5 Å². The van der Waals surface area contributed by atoms with Crippen LogP contribution < -0.4 is 16.2 Å². The Morgan fingerprint density at radius 1 is 0.964 bits per heavy atom. The highest BCUT2D eigenvalue weighted by Crippen LogP contribution is 2.37. The molecule has 2 N–H and O–H groups in total. The van der Waals surface area contributed by atoms with Gasteiger partial charge in [-0.15, -0.1) is 11.3 Å². The Morgan fingerprint density at radius 3 is 2.32 bits per heavy atom. The van der Waals surface area contributed by atoms with E-state index < -0.39 is 0 Å². The highest BCUT2D eigenvalue weighted by Gasteiger charge is 2.21. The van der Waals surface area contributed by atoms with E-state index in [2.05, 4.69) is 10.6 Å². The van der Waals surface area contributed by atoms with Crippen LogP contribution in [-0.2, 0) is 0 Å². The summed E-state index contributed by atoms with van der Waals surface area (Å²) in [6.45, 7) is 2.42. The topological polar surface area (TPSA) is 63.1 Å². The van der Waals surface area contributed by atoms with Gasteiger partial charge in [-0.25, -0.2) is 0 Å². The number of nitrogens with one attached hydrogen (secondary N) is 2. The quantitative estimate of drug-likeness (QED) is 0.526. The molecule has 0 radical (unpaired) electrons.